The minimum Gasteiger partial charge on any atom is -0.466 e. The van der Waals surface area contributed by atoms with Crippen LogP contribution in [0.25, 0.3) is 0 Å². The number of carbonyl (C=O) groups is 3. The van der Waals surface area contributed by atoms with Gasteiger partial charge in [0.25, 0.3) is 0 Å². The molecule has 2 atom stereocenters. The summed E-state index contributed by atoms with van der Waals surface area (Å²) >= 11 is 0. The molecule has 7 nitrogen and oxygen atoms in total. The first kappa shape index (κ1) is 19.2. The molecule has 0 aliphatic rings. The van der Waals surface area contributed by atoms with Crippen LogP contribution in [0.1, 0.15) is 20.3 Å². The number of alkyl halides is 3. The molecule has 1 amide bonds. The summed E-state index contributed by atoms with van der Waals surface area (Å²) in [4.78, 5) is 33.3. The smallest absolute Gasteiger partial charge is 0.466 e. The molecule has 21 heavy (non-hydrogen) atoms. The Bertz CT molecular complexity index is 387. The van der Waals surface area contributed by atoms with E-state index >= 15 is 0 Å². The molecule has 0 fully saturated rings. The van der Waals surface area contributed by atoms with Crippen molar-refractivity contribution >= 4 is 17.8 Å². The third kappa shape index (κ3) is 7.49. The normalized spacial score (nSPS) is 14.0. The van der Waals surface area contributed by atoms with Gasteiger partial charge in [-0.25, -0.2) is 4.79 Å². The van der Waals surface area contributed by atoms with Crippen molar-refractivity contribution < 1.29 is 37.0 Å². The Labute approximate surface area is 118 Å². The Hall–Kier alpha value is -1.84. The van der Waals surface area contributed by atoms with Crippen LogP contribution < -0.4 is 11.1 Å². The molecule has 0 aromatic rings. The second kappa shape index (κ2) is 8.45. The fourth-order valence-electron chi connectivity index (χ4n) is 1.32. The molecule has 3 N–H and O–H groups in total. The van der Waals surface area contributed by atoms with Crippen LogP contribution in [-0.4, -0.2) is 49.3 Å². The predicted octanol–water partition coefficient (Wildman–Crippen LogP) is -0.123. The number of nitrogens with two attached hydrogens (primary N) is 1. The second-order valence-corrected chi connectivity index (χ2v) is 4.00. The van der Waals surface area contributed by atoms with Gasteiger partial charge in [-0.1, -0.05) is 0 Å². The van der Waals surface area contributed by atoms with Crippen molar-refractivity contribution in [1.82, 2.24) is 5.32 Å². The van der Waals surface area contributed by atoms with Crippen molar-refractivity contribution in [2.45, 2.75) is 38.6 Å². The topological polar surface area (TPSA) is 108 Å². The molecular weight excluding hydrogens is 297 g/mol. The van der Waals surface area contributed by atoms with Crippen LogP contribution in [0.4, 0.5) is 13.2 Å². The van der Waals surface area contributed by atoms with E-state index in [9.17, 15) is 27.6 Å². The van der Waals surface area contributed by atoms with E-state index in [0.717, 1.165) is 6.92 Å². The first-order valence-corrected chi connectivity index (χ1v) is 6.04. The summed E-state index contributed by atoms with van der Waals surface area (Å²) in [5.74, 6) is -3.88. The van der Waals surface area contributed by atoms with Crippen molar-refractivity contribution in [3.05, 3.63) is 0 Å². The Morgan fingerprint density at radius 2 is 1.86 bits per heavy atom. The van der Waals surface area contributed by atoms with Gasteiger partial charge in [-0.3, -0.25) is 9.59 Å². The highest BCUT2D eigenvalue weighted by molar-refractivity contribution is 5.80. The van der Waals surface area contributed by atoms with E-state index in [4.69, 9.17) is 5.73 Å². The summed E-state index contributed by atoms with van der Waals surface area (Å²) in [6, 6.07) is -1.17. The third-order valence-corrected chi connectivity index (χ3v) is 2.31. The SMILES string of the molecule is CCOC(=O)CC(NC(=O)CN)C(C)OC(=O)C(F)(F)F. The fourth-order valence-corrected chi connectivity index (χ4v) is 1.32. The molecular formula is C11H17F3N2O5. The Kier molecular flexibility index (Phi) is 7.71. The van der Waals surface area contributed by atoms with Gasteiger partial charge < -0.3 is 20.5 Å². The van der Waals surface area contributed by atoms with E-state index in [2.05, 4.69) is 14.8 Å². The average Bonchev–Trinajstić information content (AvgIpc) is 2.36. The zero-order chi connectivity index (χ0) is 16.6. The highest BCUT2D eigenvalue weighted by Gasteiger charge is 2.43. The minimum atomic E-state index is -5.17. The van der Waals surface area contributed by atoms with Gasteiger partial charge in [0.1, 0.15) is 6.10 Å². The number of hydrogen-bond acceptors (Lipinski definition) is 6. The van der Waals surface area contributed by atoms with Crippen LogP contribution in [0.3, 0.4) is 0 Å². The molecule has 10 heteroatoms. The number of hydrogen-bond donors (Lipinski definition) is 2. The van der Waals surface area contributed by atoms with E-state index in [0.29, 0.717) is 0 Å². The highest BCUT2D eigenvalue weighted by atomic mass is 19.4. The van der Waals surface area contributed by atoms with Gasteiger partial charge in [0.2, 0.25) is 5.91 Å². The summed E-state index contributed by atoms with van der Waals surface area (Å²) in [6.45, 7) is 2.29. The fraction of sp³-hybridized carbons (Fsp3) is 0.727. The molecule has 0 bridgehead atoms. The first-order chi connectivity index (χ1) is 9.61. The molecule has 0 saturated carbocycles. The third-order valence-electron chi connectivity index (χ3n) is 2.31. The maximum atomic E-state index is 12.1. The van der Waals surface area contributed by atoms with E-state index < -0.39 is 49.1 Å². The van der Waals surface area contributed by atoms with E-state index in [1.54, 1.807) is 6.92 Å². The summed E-state index contributed by atoms with van der Waals surface area (Å²) < 4.78 is 45.1. The van der Waals surface area contributed by atoms with Crippen LogP contribution in [0, 0.1) is 0 Å². The van der Waals surface area contributed by atoms with Gasteiger partial charge in [-0.2, -0.15) is 13.2 Å². The summed E-state index contributed by atoms with van der Waals surface area (Å²) in [7, 11) is 0. The summed E-state index contributed by atoms with van der Waals surface area (Å²) in [5, 5.41) is 2.20. The van der Waals surface area contributed by atoms with E-state index in [1.165, 1.54) is 0 Å². The largest absolute Gasteiger partial charge is 0.490 e. The molecule has 0 aliphatic carbocycles. The zero-order valence-electron chi connectivity index (χ0n) is 11.5. The van der Waals surface area contributed by atoms with Gasteiger partial charge in [0, 0.05) is 0 Å². The number of carbonyl (C=O) groups excluding carboxylic acids is 3. The molecule has 0 aromatic heterocycles. The summed E-state index contributed by atoms with van der Waals surface area (Å²) in [5.41, 5.74) is 5.06. The van der Waals surface area contributed by atoms with Gasteiger partial charge >= 0.3 is 18.1 Å². The summed E-state index contributed by atoms with van der Waals surface area (Å²) in [6.07, 6.45) is -7.01. The van der Waals surface area contributed by atoms with Crippen molar-refractivity contribution in [1.29, 1.82) is 0 Å². The molecule has 0 saturated heterocycles. The molecule has 0 spiro atoms. The average molecular weight is 314 g/mol. The maximum absolute atomic E-state index is 12.1. The first-order valence-electron chi connectivity index (χ1n) is 6.04. The van der Waals surface area contributed by atoms with Gasteiger partial charge in [0.15, 0.2) is 0 Å². The Morgan fingerprint density at radius 3 is 2.29 bits per heavy atom. The van der Waals surface area contributed by atoms with Crippen LogP contribution in [-0.2, 0) is 23.9 Å². The van der Waals surface area contributed by atoms with Crippen molar-refractivity contribution in [3.8, 4) is 0 Å². The standard InChI is InChI=1S/C11H17F3N2O5/c1-3-20-9(18)4-7(16-8(17)5-15)6(2)21-10(19)11(12,13)14/h6-7H,3-5,15H2,1-2H3,(H,16,17). The van der Waals surface area contributed by atoms with Crippen molar-refractivity contribution in [3.63, 3.8) is 0 Å². The Morgan fingerprint density at radius 1 is 1.29 bits per heavy atom. The number of nitrogens with one attached hydrogen (secondary N) is 1. The van der Waals surface area contributed by atoms with Crippen LogP contribution >= 0.6 is 0 Å². The molecule has 0 aliphatic heterocycles. The lowest BCUT2D eigenvalue weighted by Crippen LogP contribution is -2.48. The lowest BCUT2D eigenvalue weighted by atomic mass is 10.1. The van der Waals surface area contributed by atoms with Gasteiger partial charge in [0.05, 0.1) is 25.6 Å². The second-order valence-electron chi connectivity index (χ2n) is 4.00. The zero-order valence-corrected chi connectivity index (χ0v) is 11.5. The molecule has 0 heterocycles. The number of halogens is 3. The number of esters is 2. The molecule has 2 unspecified atom stereocenters. The molecule has 122 valence electrons. The van der Waals surface area contributed by atoms with Gasteiger partial charge in [-0.15, -0.1) is 0 Å². The highest BCUT2D eigenvalue weighted by Crippen LogP contribution is 2.18. The van der Waals surface area contributed by atoms with Crippen LogP contribution in [0.15, 0.2) is 0 Å². The number of amides is 1. The van der Waals surface area contributed by atoms with Crippen molar-refractivity contribution in [2.75, 3.05) is 13.2 Å². The lowest BCUT2D eigenvalue weighted by molar-refractivity contribution is -0.205. The maximum Gasteiger partial charge on any atom is 0.490 e. The number of ether oxygens (including phenoxy) is 2. The van der Waals surface area contributed by atoms with E-state index in [1.807, 2.05) is 0 Å². The van der Waals surface area contributed by atoms with Crippen LogP contribution in [0.5, 0.6) is 0 Å². The monoisotopic (exact) mass is 314 g/mol. The van der Waals surface area contributed by atoms with E-state index in [-0.39, 0.29) is 6.61 Å². The predicted molar refractivity (Wildman–Crippen MR) is 63.8 cm³/mol. The Balaban J connectivity index is 4.81. The molecule has 0 radical (unpaired) electrons. The van der Waals surface area contributed by atoms with Crippen molar-refractivity contribution in [2.24, 2.45) is 5.73 Å². The number of rotatable bonds is 7. The lowest BCUT2D eigenvalue weighted by Gasteiger charge is -2.24. The van der Waals surface area contributed by atoms with Crippen LogP contribution in [0.2, 0.25) is 0 Å². The minimum absolute atomic E-state index is 0.0626. The molecule has 0 rings (SSSR count). The van der Waals surface area contributed by atoms with Gasteiger partial charge in [-0.05, 0) is 13.8 Å². The molecule has 0 aromatic carbocycles. The quantitative estimate of drug-likeness (QED) is 0.634.